The molecule has 1 aliphatic rings. The van der Waals surface area contributed by atoms with E-state index in [-0.39, 0.29) is 5.76 Å². The van der Waals surface area contributed by atoms with Crippen LogP contribution in [0.2, 0.25) is 0 Å². The van der Waals surface area contributed by atoms with E-state index < -0.39 is 17.4 Å². The zero-order chi connectivity index (χ0) is 14.0. The van der Waals surface area contributed by atoms with Crippen LogP contribution in [0.15, 0.2) is 10.8 Å². The summed E-state index contributed by atoms with van der Waals surface area (Å²) < 4.78 is 5.00. The standard InChI is InChI=1S/C13H18N2O4/c1-8-3-5-13(6-4-8,12(17)18)15-11(16)10-9(2)14-7-19-10/h7-8H,3-6H2,1-2H3,(H,15,16)(H,17,18). The second kappa shape index (κ2) is 5.03. The number of carbonyl (C=O) groups is 2. The molecule has 1 aromatic heterocycles. The van der Waals surface area contributed by atoms with Gasteiger partial charge in [-0.15, -0.1) is 0 Å². The minimum absolute atomic E-state index is 0.0826. The Morgan fingerprint density at radius 1 is 1.47 bits per heavy atom. The highest BCUT2D eigenvalue weighted by Crippen LogP contribution is 2.32. The summed E-state index contributed by atoms with van der Waals surface area (Å²) in [5.41, 5.74) is -0.717. The number of nitrogens with one attached hydrogen (secondary N) is 1. The molecule has 6 heteroatoms. The first-order chi connectivity index (χ1) is 8.94. The average Bonchev–Trinajstić information content (AvgIpc) is 2.78. The largest absolute Gasteiger partial charge is 0.480 e. The Bertz CT molecular complexity index is 487. The van der Waals surface area contributed by atoms with Crippen molar-refractivity contribution in [3.05, 3.63) is 17.8 Å². The van der Waals surface area contributed by atoms with Crippen molar-refractivity contribution in [2.24, 2.45) is 5.92 Å². The van der Waals surface area contributed by atoms with Gasteiger partial charge in [-0.25, -0.2) is 9.78 Å². The molecule has 0 spiro atoms. The van der Waals surface area contributed by atoms with Crippen LogP contribution in [0.4, 0.5) is 0 Å². The van der Waals surface area contributed by atoms with Gasteiger partial charge in [0.15, 0.2) is 6.39 Å². The van der Waals surface area contributed by atoms with Crippen LogP contribution in [0, 0.1) is 12.8 Å². The number of nitrogens with zero attached hydrogens (tertiary/aromatic N) is 1. The van der Waals surface area contributed by atoms with Crippen LogP contribution in [0.3, 0.4) is 0 Å². The molecule has 0 bridgehead atoms. The van der Waals surface area contributed by atoms with Gasteiger partial charge in [0.05, 0.1) is 5.69 Å². The molecule has 0 unspecified atom stereocenters. The van der Waals surface area contributed by atoms with Gasteiger partial charge in [0.25, 0.3) is 5.91 Å². The van der Waals surface area contributed by atoms with E-state index in [1.165, 1.54) is 6.39 Å². The first-order valence-corrected chi connectivity index (χ1v) is 6.40. The van der Waals surface area contributed by atoms with E-state index in [0.717, 1.165) is 12.8 Å². The molecule has 1 fully saturated rings. The van der Waals surface area contributed by atoms with E-state index >= 15 is 0 Å². The highest BCUT2D eigenvalue weighted by molar-refractivity contribution is 5.96. The van der Waals surface area contributed by atoms with Gasteiger partial charge < -0.3 is 14.8 Å². The maximum atomic E-state index is 12.1. The second-order valence-electron chi connectivity index (χ2n) is 5.29. The number of aryl methyl sites for hydroxylation is 1. The van der Waals surface area contributed by atoms with Gasteiger partial charge in [-0.3, -0.25) is 4.79 Å². The lowest BCUT2D eigenvalue weighted by atomic mass is 9.77. The third-order valence-electron chi connectivity index (χ3n) is 3.84. The van der Waals surface area contributed by atoms with Crippen molar-refractivity contribution in [1.29, 1.82) is 0 Å². The van der Waals surface area contributed by atoms with Gasteiger partial charge in [-0.1, -0.05) is 6.92 Å². The zero-order valence-electron chi connectivity index (χ0n) is 11.1. The Kier molecular flexibility index (Phi) is 3.59. The summed E-state index contributed by atoms with van der Waals surface area (Å²) in [6.07, 6.45) is 3.66. The lowest BCUT2D eigenvalue weighted by Gasteiger charge is -2.36. The summed E-state index contributed by atoms with van der Waals surface area (Å²) in [6.45, 7) is 3.74. The molecule has 0 aromatic carbocycles. The van der Waals surface area contributed by atoms with Crippen LogP contribution in [-0.4, -0.2) is 27.5 Å². The van der Waals surface area contributed by atoms with Crippen molar-refractivity contribution in [1.82, 2.24) is 10.3 Å². The fourth-order valence-corrected chi connectivity index (χ4v) is 2.44. The molecule has 19 heavy (non-hydrogen) atoms. The van der Waals surface area contributed by atoms with E-state index in [1.807, 2.05) is 0 Å². The highest BCUT2D eigenvalue weighted by atomic mass is 16.4. The Labute approximate surface area is 111 Å². The Morgan fingerprint density at radius 2 is 2.11 bits per heavy atom. The number of amides is 1. The molecule has 1 heterocycles. The molecule has 1 aliphatic carbocycles. The van der Waals surface area contributed by atoms with Gasteiger partial charge in [-0.05, 0) is 38.5 Å². The van der Waals surface area contributed by atoms with Crippen molar-refractivity contribution in [2.75, 3.05) is 0 Å². The van der Waals surface area contributed by atoms with Gasteiger partial charge in [-0.2, -0.15) is 0 Å². The zero-order valence-corrected chi connectivity index (χ0v) is 11.1. The van der Waals surface area contributed by atoms with E-state index in [1.54, 1.807) is 6.92 Å². The fourth-order valence-electron chi connectivity index (χ4n) is 2.44. The summed E-state index contributed by atoms with van der Waals surface area (Å²) >= 11 is 0. The number of carboxylic acids is 1. The van der Waals surface area contributed by atoms with E-state index in [2.05, 4.69) is 17.2 Å². The minimum atomic E-state index is -1.18. The maximum absolute atomic E-state index is 12.1. The summed E-state index contributed by atoms with van der Waals surface area (Å²) in [5, 5.41) is 12.1. The van der Waals surface area contributed by atoms with Gasteiger partial charge in [0.2, 0.25) is 5.76 Å². The molecule has 0 aliphatic heterocycles. The van der Waals surface area contributed by atoms with Crippen LogP contribution in [0.5, 0.6) is 0 Å². The Balaban J connectivity index is 2.16. The summed E-state index contributed by atoms with van der Waals surface area (Å²) in [6, 6.07) is 0. The predicted molar refractivity (Wildman–Crippen MR) is 66.7 cm³/mol. The lowest BCUT2D eigenvalue weighted by molar-refractivity contribution is -0.146. The monoisotopic (exact) mass is 266 g/mol. The topological polar surface area (TPSA) is 92.4 Å². The Morgan fingerprint density at radius 3 is 2.58 bits per heavy atom. The third-order valence-corrected chi connectivity index (χ3v) is 3.84. The number of hydrogen-bond donors (Lipinski definition) is 2. The number of hydrogen-bond acceptors (Lipinski definition) is 4. The van der Waals surface area contributed by atoms with E-state index in [9.17, 15) is 14.7 Å². The minimum Gasteiger partial charge on any atom is -0.480 e. The number of aromatic nitrogens is 1. The molecule has 1 amide bonds. The highest BCUT2D eigenvalue weighted by Gasteiger charge is 2.43. The lowest BCUT2D eigenvalue weighted by Crippen LogP contribution is -2.56. The van der Waals surface area contributed by atoms with E-state index in [0.29, 0.717) is 24.5 Å². The van der Waals surface area contributed by atoms with E-state index in [4.69, 9.17) is 4.42 Å². The summed E-state index contributed by atoms with van der Waals surface area (Å²) in [4.78, 5) is 27.4. The maximum Gasteiger partial charge on any atom is 0.329 e. The molecular formula is C13H18N2O4. The average molecular weight is 266 g/mol. The molecule has 1 aromatic rings. The molecule has 0 atom stereocenters. The van der Waals surface area contributed by atoms with Crippen molar-refractivity contribution in [2.45, 2.75) is 45.1 Å². The van der Waals surface area contributed by atoms with Crippen LogP contribution < -0.4 is 5.32 Å². The van der Waals surface area contributed by atoms with Gasteiger partial charge in [0.1, 0.15) is 5.54 Å². The smallest absolute Gasteiger partial charge is 0.329 e. The van der Waals surface area contributed by atoms with Crippen molar-refractivity contribution in [3.63, 3.8) is 0 Å². The summed E-state index contributed by atoms with van der Waals surface area (Å²) in [5.74, 6) is -0.910. The molecule has 0 saturated heterocycles. The normalized spacial score (nSPS) is 26.9. The second-order valence-corrected chi connectivity index (χ2v) is 5.29. The Hall–Kier alpha value is -1.85. The molecule has 0 radical (unpaired) electrons. The van der Waals surface area contributed by atoms with Crippen LogP contribution in [-0.2, 0) is 4.79 Å². The van der Waals surface area contributed by atoms with Gasteiger partial charge in [0, 0.05) is 0 Å². The first kappa shape index (κ1) is 13.6. The van der Waals surface area contributed by atoms with Crippen molar-refractivity contribution >= 4 is 11.9 Å². The quantitative estimate of drug-likeness (QED) is 0.869. The van der Waals surface area contributed by atoms with Crippen molar-refractivity contribution in [3.8, 4) is 0 Å². The number of carbonyl (C=O) groups excluding carboxylic acids is 1. The van der Waals surface area contributed by atoms with Crippen LogP contribution in [0.25, 0.3) is 0 Å². The fraction of sp³-hybridized carbons (Fsp3) is 0.615. The SMILES string of the molecule is Cc1ncoc1C(=O)NC1(C(=O)O)CCC(C)CC1. The molecule has 2 rings (SSSR count). The molecule has 104 valence electrons. The van der Waals surface area contributed by atoms with Crippen LogP contribution >= 0.6 is 0 Å². The molecule has 2 N–H and O–H groups in total. The van der Waals surface area contributed by atoms with Crippen molar-refractivity contribution < 1.29 is 19.1 Å². The number of carboxylic acid groups (broad SMARTS) is 1. The summed E-state index contributed by atoms with van der Waals surface area (Å²) in [7, 11) is 0. The number of aliphatic carboxylic acids is 1. The first-order valence-electron chi connectivity index (χ1n) is 6.40. The molecule has 1 saturated carbocycles. The molecule has 6 nitrogen and oxygen atoms in total. The third kappa shape index (κ3) is 2.62. The van der Waals surface area contributed by atoms with Gasteiger partial charge >= 0.3 is 5.97 Å². The predicted octanol–water partition coefficient (Wildman–Crippen LogP) is 1.75. The molecular weight excluding hydrogens is 248 g/mol. The van der Waals surface area contributed by atoms with Crippen LogP contribution in [0.1, 0.15) is 48.9 Å². The number of oxazole rings is 1. The number of rotatable bonds is 3.